The second kappa shape index (κ2) is 10.9. The van der Waals surface area contributed by atoms with Gasteiger partial charge in [-0.15, -0.1) is 5.92 Å². The molecule has 1 atom stereocenters. The lowest BCUT2D eigenvalue weighted by Crippen LogP contribution is -2.31. The third kappa shape index (κ3) is 11.5. The first kappa shape index (κ1) is 15.4. The number of nitrogens with one attached hydrogen (secondary N) is 1. The van der Waals surface area contributed by atoms with Crippen molar-refractivity contribution in [2.75, 3.05) is 32.9 Å². The van der Waals surface area contributed by atoms with Crippen LogP contribution in [0.5, 0.6) is 0 Å². The largest absolute Gasteiger partial charge is 0.389 e. The molecule has 0 bridgehead atoms. The lowest BCUT2D eigenvalue weighted by Gasteiger charge is -2.12. The Morgan fingerprint density at radius 2 is 2.06 bits per heavy atom. The van der Waals surface area contributed by atoms with Gasteiger partial charge in [0, 0.05) is 6.54 Å². The minimum absolute atomic E-state index is 0.225. The SMILES string of the molecule is CC#CCNCC(O)COCCOC(C)C. The molecule has 1 unspecified atom stereocenters. The molecule has 0 amide bonds. The first-order valence-corrected chi connectivity index (χ1v) is 5.64. The van der Waals surface area contributed by atoms with Crippen LogP contribution in [0.4, 0.5) is 0 Å². The van der Waals surface area contributed by atoms with Crippen molar-refractivity contribution in [1.29, 1.82) is 0 Å². The van der Waals surface area contributed by atoms with Crippen LogP contribution in [0.1, 0.15) is 20.8 Å². The summed E-state index contributed by atoms with van der Waals surface area (Å²) in [6, 6.07) is 0. The molecule has 0 aliphatic heterocycles. The van der Waals surface area contributed by atoms with E-state index in [9.17, 15) is 5.11 Å². The summed E-state index contributed by atoms with van der Waals surface area (Å²) in [6.07, 6.45) is -0.263. The van der Waals surface area contributed by atoms with Crippen molar-refractivity contribution in [2.24, 2.45) is 0 Å². The quantitative estimate of drug-likeness (QED) is 0.444. The van der Waals surface area contributed by atoms with Crippen LogP contribution < -0.4 is 5.32 Å². The molecule has 0 aromatic rings. The summed E-state index contributed by atoms with van der Waals surface area (Å²) in [5, 5.41) is 12.5. The van der Waals surface area contributed by atoms with Crippen molar-refractivity contribution in [3.8, 4) is 11.8 Å². The number of ether oxygens (including phenoxy) is 2. The van der Waals surface area contributed by atoms with E-state index in [1.807, 2.05) is 13.8 Å². The molecule has 16 heavy (non-hydrogen) atoms. The molecule has 0 saturated heterocycles. The average Bonchev–Trinajstić information content (AvgIpc) is 2.23. The Morgan fingerprint density at radius 3 is 2.69 bits per heavy atom. The Labute approximate surface area is 98.3 Å². The van der Waals surface area contributed by atoms with E-state index < -0.39 is 6.10 Å². The van der Waals surface area contributed by atoms with Crippen molar-refractivity contribution < 1.29 is 14.6 Å². The van der Waals surface area contributed by atoms with Gasteiger partial charge in [-0.1, -0.05) is 5.92 Å². The first-order chi connectivity index (χ1) is 7.66. The van der Waals surface area contributed by atoms with Crippen LogP contribution in [0.3, 0.4) is 0 Å². The molecule has 2 N–H and O–H groups in total. The third-order valence-corrected chi connectivity index (χ3v) is 1.76. The fraction of sp³-hybridized carbons (Fsp3) is 0.833. The molecule has 0 spiro atoms. The molecule has 0 saturated carbocycles. The monoisotopic (exact) mass is 229 g/mol. The normalized spacial score (nSPS) is 12.3. The molecule has 0 radical (unpaired) electrons. The average molecular weight is 229 g/mol. The van der Waals surface area contributed by atoms with Crippen molar-refractivity contribution in [2.45, 2.75) is 33.0 Å². The first-order valence-electron chi connectivity index (χ1n) is 5.64. The second-order valence-corrected chi connectivity index (χ2v) is 3.71. The Bertz CT molecular complexity index is 208. The highest BCUT2D eigenvalue weighted by Crippen LogP contribution is 1.89. The highest BCUT2D eigenvalue weighted by molar-refractivity contribution is 4.96. The number of aliphatic hydroxyl groups excluding tert-OH is 1. The maximum atomic E-state index is 9.48. The van der Waals surface area contributed by atoms with E-state index in [1.165, 1.54) is 0 Å². The Balaban J connectivity index is 3.22. The summed E-state index contributed by atoms with van der Waals surface area (Å²) in [5.41, 5.74) is 0. The van der Waals surface area contributed by atoms with Gasteiger partial charge in [-0.05, 0) is 20.8 Å². The van der Waals surface area contributed by atoms with Gasteiger partial charge in [-0.25, -0.2) is 0 Å². The molecule has 0 aliphatic carbocycles. The zero-order valence-electron chi connectivity index (χ0n) is 10.5. The predicted molar refractivity (Wildman–Crippen MR) is 64.2 cm³/mol. The summed E-state index contributed by atoms with van der Waals surface area (Å²) < 4.78 is 10.5. The number of hydrogen-bond donors (Lipinski definition) is 2. The second-order valence-electron chi connectivity index (χ2n) is 3.71. The van der Waals surface area contributed by atoms with E-state index >= 15 is 0 Å². The van der Waals surface area contributed by atoms with Crippen molar-refractivity contribution in [3.05, 3.63) is 0 Å². The van der Waals surface area contributed by atoms with Gasteiger partial charge in [0.05, 0.1) is 38.6 Å². The minimum atomic E-state index is -0.488. The zero-order valence-corrected chi connectivity index (χ0v) is 10.5. The molecule has 4 nitrogen and oxygen atoms in total. The van der Waals surface area contributed by atoms with E-state index in [4.69, 9.17) is 9.47 Å². The van der Waals surface area contributed by atoms with Crippen LogP contribution in [0.2, 0.25) is 0 Å². The highest BCUT2D eigenvalue weighted by Gasteiger charge is 2.02. The van der Waals surface area contributed by atoms with Crippen LogP contribution >= 0.6 is 0 Å². The van der Waals surface area contributed by atoms with Crippen LogP contribution in [0, 0.1) is 11.8 Å². The van der Waals surface area contributed by atoms with E-state index in [0.29, 0.717) is 32.9 Å². The van der Waals surface area contributed by atoms with Crippen LogP contribution in [0.25, 0.3) is 0 Å². The van der Waals surface area contributed by atoms with Gasteiger partial charge in [-0.2, -0.15) is 0 Å². The Morgan fingerprint density at radius 1 is 1.31 bits per heavy atom. The molecule has 0 rings (SSSR count). The van der Waals surface area contributed by atoms with Crippen LogP contribution in [-0.4, -0.2) is 50.2 Å². The van der Waals surface area contributed by atoms with Crippen LogP contribution in [-0.2, 0) is 9.47 Å². The van der Waals surface area contributed by atoms with Gasteiger partial charge in [0.25, 0.3) is 0 Å². The van der Waals surface area contributed by atoms with Gasteiger partial charge in [0.2, 0.25) is 0 Å². The fourth-order valence-corrected chi connectivity index (χ4v) is 1.01. The molecule has 0 heterocycles. The van der Waals surface area contributed by atoms with E-state index in [-0.39, 0.29) is 6.10 Å². The Kier molecular flexibility index (Phi) is 10.5. The van der Waals surface area contributed by atoms with Crippen LogP contribution in [0.15, 0.2) is 0 Å². The van der Waals surface area contributed by atoms with Gasteiger partial charge in [0.1, 0.15) is 0 Å². The van der Waals surface area contributed by atoms with E-state index in [2.05, 4.69) is 17.2 Å². The molecule has 0 aromatic carbocycles. The maximum Gasteiger partial charge on any atom is 0.0898 e. The molecular weight excluding hydrogens is 206 g/mol. The minimum Gasteiger partial charge on any atom is -0.389 e. The smallest absolute Gasteiger partial charge is 0.0898 e. The third-order valence-electron chi connectivity index (χ3n) is 1.76. The number of hydrogen-bond acceptors (Lipinski definition) is 4. The summed E-state index contributed by atoms with van der Waals surface area (Å²) in [4.78, 5) is 0. The lowest BCUT2D eigenvalue weighted by atomic mass is 10.4. The van der Waals surface area contributed by atoms with E-state index in [1.54, 1.807) is 6.92 Å². The maximum absolute atomic E-state index is 9.48. The van der Waals surface area contributed by atoms with Gasteiger partial charge < -0.3 is 19.9 Å². The molecule has 4 heteroatoms. The van der Waals surface area contributed by atoms with Crippen molar-refractivity contribution in [1.82, 2.24) is 5.32 Å². The van der Waals surface area contributed by atoms with E-state index in [0.717, 1.165) is 0 Å². The molecule has 0 aromatic heterocycles. The summed E-state index contributed by atoms with van der Waals surface area (Å²) in [7, 11) is 0. The zero-order chi connectivity index (χ0) is 12.2. The van der Waals surface area contributed by atoms with Gasteiger partial charge >= 0.3 is 0 Å². The standard InChI is InChI=1S/C12H23NO3/c1-4-5-6-13-9-12(14)10-15-7-8-16-11(2)3/h11-14H,6-10H2,1-3H3. The van der Waals surface area contributed by atoms with Gasteiger partial charge in [-0.3, -0.25) is 0 Å². The Hall–Kier alpha value is -0.600. The number of rotatable bonds is 9. The summed E-state index contributed by atoms with van der Waals surface area (Å²) in [6.45, 7) is 8.26. The molecule has 0 aliphatic rings. The molecule has 94 valence electrons. The topological polar surface area (TPSA) is 50.7 Å². The van der Waals surface area contributed by atoms with Gasteiger partial charge in [0.15, 0.2) is 0 Å². The number of aliphatic hydroxyl groups is 1. The fourth-order valence-electron chi connectivity index (χ4n) is 1.01. The lowest BCUT2D eigenvalue weighted by molar-refractivity contribution is -0.00973. The predicted octanol–water partition coefficient (Wildman–Crippen LogP) is 0.402. The van der Waals surface area contributed by atoms with Crippen molar-refractivity contribution in [3.63, 3.8) is 0 Å². The summed E-state index contributed by atoms with van der Waals surface area (Å²) in [5.74, 6) is 5.63. The molecular formula is C12H23NO3. The van der Waals surface area contributed by atoms with Crippen molar-refractivity contribution >= 4 is 0 Å². The molecule has 0 fully saturated rings. The summed E-state index contributed by atoms with van der Waals surface area (Å²) >= 11 is 0. The highest BCUT2D eigenvalue weighted by atomic mass is 16.5.